The van der Waals surface area contributed by atoms with Gasteiger partial charge in [-0.25, -0.2) is 9.18 Å². The summed E-state index contributed by atoms with van der Waals surface area (Å²) >= 11 is 0. The van der Waals surface area contributed by atoms with E-state index >= 15 is 0 Å². The number of urea groups is 1. The highest BCUT2D eigenvalue weighted by Crippen LogP contribution is 2.25. The molecule has 3 N–H and O–H groups in total. The fourth-order valence-electron chi connectivity index (χ4n) is 4.14. The van der Waals surface area contributed by atoms with Crippen molar-refractivity contribution < 1.29 is 14.0 Å². The number of piperidine rings is 2. The van der Waals surface area contributed by atoms with E-state index in [0.29, 0.717) is 37.0 Å². The summed E-state index contributed by atoms with van der Waals surface area (Å²) in [6, 6.07) is 5.43. The molecule has 0 radical (unpaired) electrons. The Balaban J connectivity index is 1.38. The van der Waals surface area contributed by atoms with E-state index < -0.39 is 0 Å². The molecule has 0 aliphatic carbocycles. The molecule has 7 heteroatoms. The van der Waals surface area contributed by atoms with Crippen LogP contribution in [0.25, 0.3) is 0 Å². The Morgan fingerprint density at radius 2 is 1.79 bits per heavy atom. The summed E-state index contributed by atoms with van der Waals surface area (Å²) in [7, 11) is 0. The Morgan fingerprint density at radius 3 is 2.43 bits per heavy atom. The first-order valence-corrected chi connectivity index (χ1v) is 10.3. The van der Waals surface area contributed by atoms with Crippen molar-refractivity contribution >= 4 is 17.6 Å². The lowest BCUT2D eigenvalue weighted by Gasteiger charge is -2.34. The van der Waals surface area contributed by atoms with E-state index in [9.17, 15) is 14.0 Å². The fraction of sp³-hybridized carbons (Fsp3) is 0.619. The number of nitrogens with zero attached hydrogens (tertiary/aromatic N) is 1. The number of amides is 3. The van der Waals surface area contributed by atoms with Crippen LogP contribution in [0.2, 0.25) is 0 Å². The number of halogens is 1. The predicted octanol–water partition coefficient (Wildman–Crippen LogP) is 2.96. The van der Waals surface area contributed by atoms with Crippen LogP contribution in [0.5, 0.6) is 0 Å². The molecule has 0 saturated carbocycles. The van der Waals surface area contributed by atoms with Gasteiger partial charge in [-0.2, -0.15) is 0 Å². The second-order valence-electron chi connectivity index (χ2n) is 8.03. The molecular formula is C21H31FN4O2. The van der Waals surface area contributed by atoms with Gasteiger partial charge in [0.15, 0.2) is 0 Å². The molecule has 0 aromatic heterocycles. The first-order valence-electron chi connectivity index (χ1n) is 10.3. The molecule has 0 bridgehead atoms. The van der Waals surface area contributed by atoms with Gasteiger partial charge in [0.2, 0.25) is 5.91 Å². The van der Waals surface area contributed by atoms with E-state index in [2.05, 4.69) is 22.9 Å². The maximum absolute atomic E-state index is 12.9. The summed E-state index contributed by atoms with van der Waals surface area (Å²) in [6.07, 6.45) is 4.44. The fourth-order valence-corrected chi connectivity index (χ4v) is 4.14. The molecule has 1 aromatic rings. The van der Waals surface area contributed by atoms with E-state index in [1.165, 1.54) is 24.3 Å². The smallest absolute Gasteiger partial charge is 0.319 e. The summed E-state index contributed by atoms with van der Waals surface area (Å²) in [5.41, 5.74) is 0.554. The number of benzene rings is 1. The van der Waals surface area contributed by atoms with Gasteiger partial charge in [0.1, 0.15) is 5.82 Å². The van der Waals surface area contributed by atoms with Crippen LogP contribution in [0.15, 0.2) is 24.3 Å². The molecule has 2 heterocycles. The zero-order valence-corrected chi connectivity index (χ0v) is 16.5. The van der Waals surface area contributed by atoms with Crippen LogP contribution in [0, 0.1) is 17.7 Å². The number of carbonyl (C=O) groups excluding carboxylic acids is 2. The van der Waals surface area contributed by atoms with Crippen molar-refractivity contribution in [2.75, 3.05) is 31.5 Å². The number of anilines is 1. The van der Waals surface area contributed by atoms with Gasteiger partial charge in [-0.1, -0.05) is 6.92 Å². The molecule has 2 fully saturated rings. The standard InChI is InChI=1S/C21H31FN4O2/c1-15(16-6-10-23-11-7-16)14-20(27)26-12-8-19(9-13-26)25-21(28)24-18-4-2-17(22)3-5-18/h2-5,15-16,19,23H,6-14H2,1H3,(H2,24,25,28). The van der Waals surface area contributed by atoms with Crippen molar-refractivity contribution in [1.82, 2.24) is 15.5 Å². The minimum atomic E-state index is -0.336. The van der Waals surface area contributed by atoms with Gasteiger partial charge in [-0.05, 0) is 74.9 Å². The van der Waals surface area contributed by atoms with Crippen LogP contribution in [0.4, 0.5) is 14.9 Å². The Labute approximate surface area is 166 Å². The molecule has 2 aliphatic rings. The van der Waals surface area contributed by atoms with Gasteiger partial charge >= 0.3 is 6.03 Å². The molecule has 6 nitrogen and oxygen atoms in total. The topological polar surface area (TPSA) is 73.5 Å². The molecule has 28 heavy (non-hydrogen) atoms. The summed E-state index contributed by atoms with van der Waals surface area (Å²) in [5.74, 6) is 0.962. The third kappa shape index (κ3) is 5.92. The molecule has 154 valence electrons. The van der Waals surface area contributed by atoms with Crippen LogP contribution < -0.4 is 16.0 Å². The van der Waals surface area contributed by atoms with Crippen molar-refractivity contribution in [2.24, 2.45) is 11.8 Å². The van der Waals surface area contributed by atoms with Crippen molar-refractivity contribution in [3.8, 4) is 0 Å². The van der Waals surface area contributed by atoms with Gasteiger partial charge < -0.3 is 20.9 Å². The second kappa shape index (κ2) is 9.87. The zero-order chi connectivity index (χ0) is 19.9. The summed E-state index contributed by atoms with van der Waals surface area (Å²) in [6.45, 7) is 5.67. The maximum Gasteiger partial charge on any atom is 0.319 e. The van der Waals surface area contributed by atoms with E-state index in [0.717, 1.165) is 38.8 Å². The summed E-state index contributed by atoms with van der Waals surface area (Å²) < 4.78 is 12.9. The molecule has 1 unspecified atom stereocenters. The Morgan fingerprint density at radius 1 is 1.14 bits per heavy atom. The molecule has 2 aliphatic heterocycles. The number of likely N-dealkylation sites (tertiary alicyclic amines) is 1. The average molecular weight is 391 g/mol. The molecule has 3 amide bonds. The van der Waals surface area contributed by atoms with Gasteiger partial charge in [0.05, 0.1) is 0 Å². The number of hydrogen-bond donors (Lipinski definition) is 3. The molecule has 1 atom stereocenters. The lowest BCUT2D eigenvalue weighted by atomic mass is 9.84. The highest BCUT2D eigenvalue weighted by Gasteiger charge is 2.27. The molecule has 2 saturated heterocycles. The van der Waals surface area contributed by atoms with Crippen molar-refractivity contribution in [3.63, 3.8) is 0 Å². The minimum absolute atomic E-state index is 0.0475. The average Bonchev–Trinajstić information content (AvgIpc) is 2.71. The van der Waals surface area contributed by atoms with Gasteiger partial charge in [-0.3, -0.25) is 4.79 Å². The highest BCUT2D eigenvalue weighted by atomic mass is 19.1. The normalized spacial score (nSPS) is 19.9. The van der Waals surface area contributed by atoms with Crippen molar-refractivity contribution in [1.29, 1.82) is 0 Å². The van der Waals surface area contributed by atoms with Crippen molar-refractivity contribution in [2.45, 2.75) is 45.1 Å². The van der Waals surface area contributed by atoms with E-state index in [1.807, 2.05) is 4.90 Å². The van der Waals surface area contributed by atoms with Crippen LogP contribution in [-0.4, -0.2) is 49.1 Å². The Bertz CT molecular complexity index is 653. The van der Waals surface area contributed by atoms with Crippen molar-refractivity contribution in [3.05, 3.63) is 30.1 Å². The monoisotopic (exact) mass is 390 g/mol. The van der Waals surface area contributed by atoms with E-state index in [4.69, 9.17) is 0 Å². The number of hydrogen-bond acceptors (Lipinski definition) is 3. The number of nitrogens with one attached hydrogen (secondary N) is 3. The highest BCUT2D eigenvalue weighted by molar-refractivity contribution is 5.89. The van der Waals surface area contributed by atoms with Gasteiger partial charge in [-0.15, -0.1) is 0 Å². The zero-order valence-electron chi connectivity index (χ0n) is 16.5. The minimum Gasteiger partial charge on any atom is -0.343 e. The van der Waals surface area contributed by atoms with E-state index in [1.54, 1.807) is 0 Å². The molecule has 3 rings (SSSR count). The predicted molar refractivity (Wildman–Crippen MR) is 108 cm³/mol. The van der Waals surface area contributed by atoms with Crippen LogP contribution in [0.3, 0.4) is 0 Å². The Kier molecular flexibility index (Phi) is 7.25. The van der Waals surface area contributed by atoms with E-state index in [-0.39, 0.29) is 23.8 Å². The van der Waals surface area contributed by atoms with Crippen LogP contribution in [0.1, 0.15) is 39.0 Å². The third-order valence-corrected chi connectivity index (χ3v) is 5.97. The number of carbonyl (C=O) groups is 2. The number of rotatable bonds is 5. The summed E-state index contributed by atoms with van der Waals surface area (Å²) in [5, 5.41) is 9.03. The first kappa shape index (κ1) is 20.6. The van der Waals surface area contributed by atoms with Crippen LogP contribution >= 0.6 is 0 Å². The second-order valence-corrected chi connectivity index (χ2v) is 8.03. The quantitative estimate of drug-likeness (QED) is 0.724. The Hall–Kier alpha value is -2.15. The van der Waals surface area contributed by atoms with Gasteiger partial charge in [0, 0.05) is 31.2 Å². The third-order valence-electron chi connectivity index (χ3n) is 5.97. The first-order chi connectivity index (χ1) is 13.5. The lowest BCUT2D eigenvalue weighted by Crippen LogP contribution is -2.48. The largest absolute Gasteiger partial charge is 0.343 e. The summed E-state index contributed by atoms with van der Waals surface area (Å²) in [4.78, 5) is 26.7. The SMILES string of the molecule is CC(CC(=O)N1CCC(NC(=O)Nc2ccc(F)cc2)CC1)C1CCNCC1. The molecular weight excluding hydrogens is 359 g/mol. The molecule has 1 aromatic carbocycles. The van der Waals surface area contributed by atoms with Gasteiger partial charge in [0.25, 0.3) is 0 Å². The molecule has 0 spiro atoms. The lowest BCUT2D eigenvalue weighted by molar-refractivity contribution is -0.133. The maximum atomic E-state index is 12.9. The van der Waals surface area contributed by atoms with Crippen LogP contribution in [-0.2, 0) is 4.79 Å².